The number of hydrogen-bond acceptors (Lipinski definition) is 3. The Labute approximate surface area is 115 Å². The molecule has 1 rings (SSSR count). The number of nitrogens with one attached hydrogen (secondary N) is 1. The molecule has 0 saturated carbocycles. The highest BCUT2D eigenvalue weighted by Gasteiger charge is 2.33. The molecule has 3 nitrogen and oxygen atoms in total. The number of hydrogen-bond donors (Lipinski definition) is 2. The molecular formula is C12H16F3N3S. The van der Waals surface area contributed by atoms with E-state index in [1.807, 2.05) is 13.8 Å². The third-order valence-electron chi connectivity index (χ3n) is 2.56. The van der Waals surface area contributed by atoms with Crippen molar-refractivity contribution in [3.8, 4) is 0 Å². The number of halogens is 3. The van der Waals surface area contributed by atoms with Crippen molar-refractivity contribution < 1.29 is 13.2 Å². The summed E-state index contributed by atoms with van der Waals surface area (Å²) in [6, 6.07) is 2.12. The normalized spacial score (nSPS) is 13.1. The highest BCUT2D eigenvalue weighted by molar-refractivity contribution is 7.80. The van der Waals surface area contributed by atoms with Gasteiger partial charge in [0.15, 0.2) is 0 Å². The Morgan fingerprint density at radius 2 is 2.11 bits per heavy atom. The standard InChI is InChI=1S/C12H16F3N3S/c1-3-4-7(2)17-11-8(10(16)19)5-6-9(18-11)12(13,14)15/h5-7H,3-4H2,1-2H3,(H2,16,19)(H,17,18). The Morgan fingerprint density at radius 3 is 2.58 bits per heavy atom. The lowest BCUT2D eigenvalue weighted by Crippen LogP contribution is -2.22. The summed E-state index contributed by atoms with van der Waals surface area (Å²) in [4.78, 5) is 3.60. The highest BCUT2D eigenvalue weighted by Crippen LogP contribution is 2.29. The van der Waals surface area contributed by atoms with E-state index in [2.05, 4.69) is 10.3 Å². The van der Waals surface area contributed by atoms with Crippen LogP contribution in [0.2, 0.25) is 0 Å². The SMILES string of the molecule is CCCC(C)Nc1nc(C(F)(F)F)ccc1C(N)=S. The van der Waals surface area contributed by atoms with E-state index in [9.17, 15) is 13.2 Å². The summed E-state index contributed by atoms with van der Waals surface area (Å²) in [7, 11) is 0. The fraction of sp³-hybridized carbons (Fsp3) is 0.500. The predicted molar refractivity (Wildman–Crippen MR) is 73.1 cm³/mol. The van der Waals surface area contributed by atoms with Crippen molar-refractivity contribution in [3.63, 3.8) is 0 Å². The van der Waals surface area contributed by atoms with E-state index >= 15 is 0 Å². The molecule has 0 fully saturated rings. The van der Waals surface area contributed by atoms with Crippen molar-refractivity contribution >= 4 is 23.0 Å². The van der Waals surface area contributed by atoms with Crippen LogP contribution in [0.15, 0.2) is 12.1 Å². The summed E-state index contributed by atoms with van der Waals surface area (Å²) in [6.45, 7) is 3.86. The number of pyridine rings is 1. The minimum absolute atomic E-state index is 0.00548. The maximum Gasteiger partial charge on any atom is 0.433 e. The van der Waals surface area contributed by atoms with Gasteiger partial charge in [0.25, 0.3) is 0 Å². The van der Waals surface area contributed by atoms with Crippen LogP contribution in [-0.2, 0) is 6.18 Å². The van der Waals surface area contributed by atoms with Crippen molar-refractivity contribution in [3.05, 3.63) is 23.4 Å². The lowest BCUT2D eigenvalue weighted by Gasteiger charge is -2.17. The molecule has 3 N–H and O–H groups in total. The number of aromatic nitrogens is 1. The van der Waals surface area contributed by atoms with Crippen LogP contribution in [0.3, 0.4) is 0 Å². The average molecular weight is 291 g/mol. The van der Waals surface area contributed by atoms with E-state index in [1.165, 1.54) is 6.07 Å². The topological polar surface area (TPSA) is 50.9 Å². The van der Waals surface area contributed by atoms with Gasteiger partial charge in [0.05, 0.1) is 5.56 Å². The fourth-order valence-electron chi connectivity index (χ4n) is 1.66. The van der Waals surface area contributed by atoms with E-state index in [1.54, 1.807) is 0 Å². The van der Waals surface area contributed by atoms with Crippen LogP contribution in [-0.4, -0.2) is 16.0 Å². The molecule has 0 aromatic carbocycles. The molecule has 1 aromatic rings. The number of rotatable bonds is 5. The Kier molecular flexibility index (Phi) is 5.11. The van der Waals surface area contributed by atoms with Gasteiger partial charge in [-0.3, -0.25) is 0 Å². The zero-order chi connectivity index (χ0) is 14.6. The second-order valence-electron chi connectivity index (χ2n) is 4.29. The maximum atomic E-state index is 12.6. The first kappa shape index (κ1) is 15.7. The van der Waals surface area contributed by atoms with E-state index in [0.717, 1.165) is 18.9 Å². The molecule has 1 atom stereocenters. The highest BCUT2D eigenvalue weighted by atomic mass is 32.1. The minimum atomic E-state index is -4.49. The number of nitrogens with zero attached hydrogens (tertiary/aromatic N) is 1. The Morgan fingerprint density at radius 1 is 1.47 bits per heavy atom. The van der Waals surface area contributed by atoms with Gasteiger partial charge < -0.3 is 11.1 Å². The molecule has 0 spiro atoms. The van der Waals surface area contributed by atoms with E-state index < -0.39 is 11.9 Å². The van der Waals surface area contributed by atoms with E-state index in [-0.39, 0.29) is 16.8 Å². The van der Waals surface area contributed by atoms with Crippen molar-refractivity contribution in [2.24, 2.45) is 5.73 Å². The van der Waals surface area contributed by atoms with Crippen molar-refractivity contribution in [2.75, 3.05) is 5.32 Å². The molecule has 0 aliphatic heterocycles. The molecule has 0 amide bonds. The van der Waals surface area contributed by atoms with Gasteiger partial charge in [-0.15, -0.1) is 0 Å². The number of thiocarbonyl (C=S) groups is 1. The first-order valence-electron chi connectivity index (χ1n) is 5.90. The summed E-state index contributed by atoms with van der Waals surface area (Å²) >= 11 is 4.82. The van der Waals surface area contributed by atoms with E-state index in [0.29, 0.717) is 5.56 Å². The second kappa shape index (κ2) is 6.18. The summed E-state index contributed by atoms with van der Waals surface area (Å²) in [5, 5.41) is 2.93. The summed E-state index contributed by atoms with van der Waals surface area (Å²) in [6.07, 6.45) is -2.76. The van der Waals surface area contributed by atoms with Crippen LogP contribution < -0.4 is 11.1 Å². The quantitative estimate of drug-likeness (QED) is 0.817. The number of nitrogens with two attached hydrogens (primary N) is 1. The van der Waals surface area contributed by atoms with Crippen LogP contribution in [0.5, 0.6) is 0 Å². The van der Waals surface area contributed by atoms with Gasteiger partial charge in [-0.05, 0) is 25.5 Å². The molecule has 1 unspecified atom stereocenters. The van der Waals surface area contributed by atoms with Crippen LogP contribution in [0.1, 0.15) is 37.9 Å². The van der Waals surface area contributed by atoms with Gasteiger partial charge >= 0.3 is 6.18 Å². The van der Waals surface area contributed by atoms with Crippen molar-refractivity contribution in [2.45, 2.75) is 38.9 Å². The molecule has 7 heteroatoms. The minimum Gasteiger partial charge on any atom is -0.389 e. The fourth-order valence-corrected chi connectivity index (χ4v) is 1.83. The van der Waals surface area contributed by atoms with Crippen LogP contribution in [0.4, 0.5) is 19.0 Å². The molecular weight excluding hydrogens is 275 g/mol. The third-order valence-corrected chi connectivity index (χ3v) is 2.78. The molecule has 19 heavy (non-hydrogen) atoms. The van der Waals surface area contributed by atoms with Crippen molar-refractivity contribution in [1.82, 2.24) is 4.98 Å². The van der Waals surface area contributed by atoms with Crippen LogP contribution in [0.25, 0.3) is 0 Å². The Hall–Kier alpha value is -1.37. The second-order valence-corrected chi connectivity index (χ2v) is 4.73. The molecule has 1 aromatic heterocycles. The van der Waals surface area contributed by atoms with Crippen LogP contribution in [0, 0.1) is 0 Å². The maximum absolute atomic E-state index is 12.6. The molecule has 0 aliphatic rings. The lowest BCUT2D eigenvalue weighted by molar-refractivity contribution is -0.141. The average Bonchev–Trinajstić information content (AvgIpc) is 2.27. The van der Waals surface area contributed by atoms with Crippen molar-refractivity contribution in [1.29, 1.82) is 0 Å². The summed E-state index contributed by atoms with van der Waals surface area (Å²) < 4.78 is 37.9. The first-order valence-corrected chi connectivity index (χ1v) is 6.31. The zero-order valence-electron chi connectivity index (χ0n) is 10.7. The first-order chi connectivity index (χ1) is 8.75. The van der Waals surface area contributed by atoms with Gasteiger partial charge in [0.2, 0.25) is 0 Å². The van der Waals surface area contributed by atoms with Gasteiger partial charge in [-0.25, -0.2) is 4.98 Å². The van der Waals surface area contributed by atoms with Gasteiger partial charge in [0, 0.05) is 6.04 Å². The number of anilines is 1. The molecule has 0 bridgehead atoms. The van der Waals surface area contributed by atoms with Crippen LogP contribution >= 0.6 is 12.2 Å². The predicted octanol–water partition coefficient (Wildman–Crippen LogP) is 3.34. The zero-order valence-corrected chi connectivity index (χ0v) is 11.5. The Bertz CT molecular complexity index is 460. The van der Waals surface area contributed by atoms with Gasteiger partial charge in [-0.2, -0.15) is 13.2 Å². The van der Waals surface area contributed by atoms with Gasteiger partial charge in [-0.1, -0.05) is 25.6 Å². The summed E-state index contributed by atoms with van der Waals surface area (Å²) in [5.74, 6) is 0.0864. The third kappa shape index (κ3) is 4.34. The summed E-state index contributed by atoms with van der Waals surface area (Å²) in [5.41, 5.74) is 4.86. The smallest absolute Gasteiger partial charge is 0.389 e. The molecule has 1 heterocycles. The largest absolute Gasteiger partial charge is 0.433 e. The molecule has 0 aliphatic carbocycles. The molecule has 0 radical (unpaired) electrons. The van der Waals surface area contributed by atoms with E-state index in [4.69, 9.17) is 18.0 Å². The molecule has 0 saturated heterocycles. The monoisotopic (exact) mass is 291 g/mol. The lowest BCUT2D eigenvalue weighted by atomic mass is 10.1. The number of alkyl halides is 3. The Balaban J connectivity index is 3.12. The van der Waals surface area contributed by atoms with Gasteiger partial charge in [0.1, 0.15) is 16.5 Å². The molecule has 106 valence electrons.